The molecule has 2 aromatic carbocycles. The standard InChI is InChI=1S/C24H22N4O5/c1-14(22(29)27-10-11-28-21(27)19(12-25-28)23(30)31)26-24(32)33-13-20-17-8-4-2-6-15(17)16-7-3-5-9-18(16)20/h2-9,12,14,20H,10-11,13H2,1H3,(H,26,32)(H,30,31)/t14-/m1/s1. The van der Waals surface area contributed by atoms with Crippen LogP contribution in [0.5, 0.6) is 0 Å². The van der Waals surface area contributed by atoms with E-state index in [9.17, 15) is 19.5 Å². The summed E-state index contributed by atoms with van der Waals surface area (Å²) in [5.74, 6) is -1.44. The molecule has 0 radical (unpaired) electrons. The lowest BCUT2D eigenvalue weighted by Crippen LogP contribution is -2.47. The molecule has 0 unspecified atom stereocenters. The van der Waals surface area contributed by atoms with Crippen LogP contribution in [0.2, 0.25) is 0 Å². The van der Waals surface area contributed by atoms with Crippen LogP contribution in [0.25, 0.3) is 11.1 Å². The summed E-state index contributed by atoms with van der Waals surface area (Å²) in [4.78, 5) is 38.2. The number of aromatic carboxylic acids is 1. The number of carboxylic acids is 1. The van der Waals surface area contributed by atoms with Gasteiger partial charge in [-0.25, -0.2) is 14.3 Å². The van der Waals surface area contributed by atoms with Gasteiger partial charge in [0.1, 0.15) is 24.0 Å². The normalized spacial score (nSPS) is 14.9. The van der Waals surface area contributed by atoms with Crippen molar-refractivity contribution in [1.82, 2.24) is 15.1 Å². The van der Waals surface area contributed by atoms with E-state index >= 15 is 0 Å². The number of carbonyl (C=O) groups excluding carboxylic acids is 2. The topological polar surface area (TPSA) is 114 Å². The molecule has 0 saturated carbocycles. The molecule has 2 aliphatic rings. The number of hydrogen-bond donors (Lipinski definition) is 2. The maximum Gasteiger partial charge on any atom is 0.407 e. The van der Waals surface area contributed by atoms with Gasteiger partial charge in [-0.2, -0.15) is 5.10 Å². The molecule has 9 heteroatoms. The fraction of sp³-hybridized carbons (Fsp3) is 0.250. The highest BCUT2D eigenvalue weighted by Crippen LogP contribution is 2.44. The predicted octanol–water partition coefficient (Wildman–Crippen LogP) is 2.86. The van der Waals surface area contributed by atoms with Gasteiger partial charge in [-0.3, -0.25) is 9.69 Å². The third kappa shape index (κ3) is 3.51. The molecule has 1 aliphatic carbocycles. The maximum absolute atomic E-state index is 12.9. The molecule has 2 heterocycles. The third-order valence-corrected chi connectivity index (χ3v) is 6.15. The van der Waals surface area contributed by atoms with Crippen molar-refractivity contribution < 1.29 is 24.2 Å². The molecule has 2 N–H and O–H groups in total. The summed E-state index contributed by atoms with van der Waals surface area (Å²) in [6.07, 6.45) is 0.518. The number of aromatic nitrogens is 2. The largest absolute Gasteiger partial charge is 0.477 e. The van der Waals surface area contributed by atoms with E-state index in [1.807, 2.05) is 36.4 Å². The summed E-state index contributed by atoms with van der Waals surface area (Å²) in [6.45, 7) is 2.37. The first-order valence-electron chi connectivity index (χ1n) is 10.7. The molecule has 1 aliphatic heterocycles. The average Bonchev–Trinajstić information content (AvgIpc) is 3.49. The van der Waals surface area contributed by atoms with Crippen LogP contribution in [0, 0.1) is 0 Å². The zero-order valence-corrected chi connectivity index (χ0v) is 17.9. The first-order valence-corrected chi connectivity index (χ1v) is 10.7. The minimum Gasteiger partial charge on any atom is -0.477 e. The van der Waals surface area contributed by atoms with Crippen molar-refractivity contribution in [2.75, 3.05) is 18.1 Å². The van der Waals surface area contributed by atoms with Gasteiger partial charge in [0.05, 0.1) is 12.7 Å². The Morgan fingerprint density at radius 1 is 1.09 bits per heavy atom. The van der Waals surface area contributed by atoms with Gasteiger partial charge in [-0.05, 0) is 29.2 Å². The number of alkyl carbamates (subject to hydrolysis) is 1. The highest BCUT2D eigenvalue weighted by atomic mass is 16.5. The molecule has 0 bridgehead atoms. The number of anilines is 1. The third-order valence-electron chi connectivity index (χ3n) is 6.15. The Hall–Kier alpha value is -4.14. The zero-order chi connectivity index (χ0) is 23.1. The van der Waals surface area contributed by atoms with E-state index in [-0.39, 0.29) is 23.9 Å². The molecule has 168 valence electrons. The van der Waals surface area contributed by atoms with Crippen LogP contribution in [0.1, 0.15) is 34.3 Å². The van der Waals surface area contributed by atoms with Crippen LogP contribution >= 0.6 is 0 Å². The highest BCUT2D eigenvalue weighted by Gasteiger charge is 2.34. The Balaban J connectivity index is 1.24. The number of nitrogens with zero attached hydrogens (tertiary/aromatic N) is 3. The summed E-state index contributed by atoms with van der Waals surface area (Å²) >= 11 is 0. The molecule has 0 spiro atoms. The number of hydrogen-bond acceptors (Lipinski definition) is 5. The van der Waals surface area contributed by atoms with E-state index in [0.717, 1.165) is 22.3 Å². The molecule has 9 nitrogen and oxygen atoms in total. The molecule has 5 rings (SSSR count). The number of benzene rings is 2. The molecular formula is C24H22N4O5. The summed E-state index contributed by atoms with van der Waals surface area (Å²) in [6, 6.07) is 15.2. The summed E-state index contributed by atoms with van der Waals surface area (Å²) < 4.78 is 6.98. The molecule has 1 aromatic heterocycles. The van der Waals surface area contributed by atoms with E-state index in [1.165, 1.54) is 15.8 Å². The smallest absolute Gasteiger partial charge is 0.407 e. The minimum atomic E-state index is -1.16. The number of carbonyl (C=O) groups is 3. The number of fused-ring (bicyclic) bond motifs is 4. The second-order valence-electron chi connectivity index (χ2n) is 8.09. The highest BCUT2D eigenvalue weighted by molar-refractivity contribution is 6.03. The zero-order valence-electron chi connectivity index (χ0n) is 17.9. The van der Waals surface area contributed by atoms with Crippen molar-refractivity contribution in [2.45, 2.75) is 25.4 Å². The first kappa shape index (κ1) is 20.7. The lowest BCUT2D eigenvalue weighted by atomic mass is 9.98. The van der Waals surface area contributed by atoms with Crippen LogP contribution in [-0.4, -0.2) is 52.1 Å². The van der Waals surface area contributed by atoms with Gasteiger partial charge in [-0.1, -0.05) is 48.5 Å². The van der Waals surface area contributed by atoms with Crippen LogP contribution in [0.3, 0.4) is 0 Å². The molecule has 0 saturated heterocycles. The van der Waals surface area contributed by atoms with Gasteiger partial charge in [0.15, 0.2) is 0 Å². The van der Waals surface area contributed by atoms with E-state index < -0.39 is 24.0 Å². The Morgan fingerprint density at radius 3 is 2.36 bits per heavy atom. The molecule has 33 heavy (non-hydrogen) atoms. The van der Waals surface area contributed by atoms with Crippen molar-refractivity contribution in [3.8, 4) is 11.1 Å². The fourth-order valence-corrected chi connectivity index (χ4v) is 4.61. The SMILES string of the molecule is C[C@@H](NC(=O)OCC1c2ccccc2-c2ccccc21)C(=O)N1CCn2ncc(C(=O)O)c21. The van der Waals surface area contributed by atoms with Crippen LogP contribution in [0.15, 0.2) is 54.7 Å². The summed E-state index contributed by atoms with van der Waals surface area (Å²) in [5.41, 5.74) is 4.41. The summed E-state index contributed by atoms with van der Waals surface area (Å²) in [5, 5.41) is 15.9. The van der Waals surface area contributed by atoms with Gasteiger partial charge in [0, 0.05) is 12.5 Å². The lowest BCUT2D eigenvalue weighted by Gasteiger charge is -2.21. The fourth-order valence-electron chi connectivity index (χ4n) is 4.61. The van der Waals surface area contributed by atoms with E-state index in [0.29, 0.717) is 13.1 Å². The molecule has 0 fully saturated rings. The molecule has 2 amide bonds. The van der Waals surface area contributed by atoms with Gasteiger partial charge >= 0.3 is 12.1 Å². The predicted molar refractivity (Wildman–Crippen MR) is 119 cm³/mol. The molecule has 1 atom stereocenters. The minimum absolute atomic E-state index is 0.0470. The number of carboxylic acid groups (broad SMARTS) is 1. The Bertz CT molecular complexity index is 1220. The number of nitrogens with one attached hydrogen (secondary N) is 1. The van der Waals surface area contributed by atoms with Gasteiger partial charge in [0.25, 0.3) is 5.91 Å². The van der Waals surface area contributed by atoms with Crippen LogP contribution in [-0.2, 0) is 16.1 Å². The van der Waals surface area contributed by atoms with E-state index in [2.05, 4.69) is 22.5 Å². The molecular weight excluding hydrogens is 424 g/mol. The van der Waals surface area contributed by atoms with Crippen molar-refractivity contribution in [3.63, 3.8) is 0 Å². The first-order chi connectivity index (χ1) is 16.0. The van der Waals surface area contributed by atoms with Crippen LogP contribution in [0.4, 0.5) is 10.6 Å². The molecule has 3 aromatic rings. The maximum atomic E-state index is 12.9. The number of amides is 2. The van der Waals surface area contributed by atoms with Crippen molar-refractivity contribution in [2.24, 2.45) is 0 Å². The second kappa shape index (κ2) is 8.09. The number of rotatable bonds is 5. The number of ether oxygens (including phenoxy) is 1. The van der Waals surface area contributed by atoms with Gasteiger partial charge in [-0.15, -0.1) is 0 Å². The van der Waals surface area contributed by atoms with Crippen LogP contribution < -0.4 is 10.2 Å². The van der Waals surface area contributed by atoms with Gasteiger partial charge in [0.2, 0.25) is 0 Å². The van der Waals surface area contributed by atoms with Gasteiger partial charge < -0.3 is 15.2 Å². The Morgan fingerprint density at radius 2 is 1.73 bits per heavy atom. The van der Waals surface area contributed by atoms with E-state index in [4.69, 9.17) is 4.74 Å². The van der Waals surface area contributed by atoms with Crippen molar-refractivity contribution >= 4 is 23.8 Å². The monoisotopic (exact) mass is 446 g/mol. The lowest BCUT2D eigenvalue weighted by molar-refractivity contribution is -0.120. The Labute approximate surface area is 189 Å². The Kier molecular flexibility index (Phi) is 5.08. The average molecular weight is 446 g/mol. The van der Waals surface area contributed by atoms with E-state index in [1.54, 1.807) is 6.92 Å². The second-order valence-corrected chi connectivity index (χ2v) is 8.09. The van der Waals surface area contributed by atoms with Crippen molar-refractivity contribution in [1.29, 1.82) is 0 Å². The van der Waals surface area contributed by atoms with Crippen molar-refractivity contribution in [3.05, 3.63) is 71.4 Å². The quantitative estimate of drug-likeness (QED) is 0.623. The summed E-state index contributed by atoms with van der Waals surface area (Å²) in [7, 11) is 0.